The first-order chi connectivity index (χ1) is 29.3. The Balaban J connectivity index is 0.953. The monoisotopic (exact) mass is 766 g/mol. The molecule has 10 aromatic carbocycles. The van der Waals surface area contributed by atoms with Crippen LogP contribution in [0.25, 0.3) is 110 Å². The largest absolute Gasteiger partial charge is 0.456 e. The number of aryl methyl sites for hydroxylation is 1. The van der Waals surface area contributed by atoms with Gasteiger partial charge in [0.2, 0.25) is 0 Å². The summed E-state index contributed by atoms with van der Waals surface area (Å²) in [6.07, 6.45) is 2.36. The van der Waals surface area contributed by atoms with Crippen molar-refractivity contribution < 1.29 is 4.42 Å². The maximum atomic E-state index is 6.30. The van der Waals surface area contributed by atoms with Gasteiger partial charge in [0.25, 0.3) is 0 Å². The normalized spacial score (nSPS) is 13.6. The molecule has 11 aromatic rings. The van der Waals surface area contributed by atoms with E-state index >= 15 is 0 Å². The van der Waals surface area contributed by atoms with Gasteiger partial charge in [-0.25, -0.2) is 0 Å². The predicted molar refractivity (Wildman–Crippen MR) is 257 cm³/mol. The average molecular weight is 767 g/mol. The van der Waals surface area contributed by atoms with Crippen molar-refractivity contribution in [3.8, 4) is 33.4 Å². The summed E-state index contributed by atoms with van der Waals surface area (Å²) in [5, 5.41) is 12.5. The summed E-state index contributed by atoms with van der Waals surface area (Å²) in [6.45, 7) is 9.24. The number of allylic oxidation sites excluding steroid dienone is 1. The topological polar surface area (TPSA) is 13.1 Å². The molecule has 1 nitrogen and oxygen atoms in total. The van der Waals surface area contributed by atoms with E-state index in [1.165, 1.54) is 121 Å². The van der Waals surface area contributed by atoms with Gasteiger partial charge < -0.3 is 4.42 Å². The Bertz CT molecular complexity index is 3590. The summed E-state index contributed by atoms with van der Waals surface area (Å²) in [7, 11) is 0. The molecule has 1 aliphatic rings. The lowest BCUT2D eigenvalue weighted by atomic mass is 9.81. The fourth-order valence-electron chi connectivity index (χ4n) is 10.4. The van der Waals surface area contributed by atoms with Gasteiger partial charge in [-0.1, -0.05) is 159 Å². The number of fused-ring (bicyclic) bond motifs is 11. The van der Waals surface area contributed by atoms with Gasteiger partial charge >= 0.3 is 0 Å². The molecule has 1 aromatic heterocycles. The van der Waals surface area contributed by atoms with Crippen molar-refractivity contribution in [2.45, 2.75) is 33.1 Å². The molecule has 284 valence electrons. The summed E-state index contributed by atoms with van der Waals surface area (Å²) in [6, 6.07) is 65.1. The molecule has 0 unspecified atom stereocenters. The van der Waals surface area contributed by atoms with Crippen LogP contribution in [-0.4, -0.2) is 0 Å². The molecule has 0 fully saturated rings. The lowest BCUT2D eigenvalue weighted by molar-refractivity contribution is 0.661. The summed E-state index contributed by atoms with van der Waals surface area (Å²) in [5.41, 5.74) is 17.2. The van der Waals surface area contributed by atoms with Crippen LogP contribution in [0.3, 0.4) is 0 Å². The van der Waals surface area contributed by atoms with Gasteiger partial charge in [0.15, 0.2) is 0 Å². The number of hydrogen-bond donors (Lipinski definition) is 0. The molecule has 0 radical (unpaired) electrons. The second-order valence-electron chi connectivity index (χ2n) is 17.3. The summed E-state index contributed by atoms with van der Waals surface area (Å²) < 4.78 is 6.30. The second-order valence-corrected chi connectivity index (χ2v) is 17.3. The van der Waals surface area contributed by atoms with Crippen molar-refractivity contribution in [1.29, 1.82) is 0 Å². The minimum atomic E-state index is -0.100. The molecule has 0 saturated heterocycles. The van der Waals surface area contributed by atoms with Gasteiger partial charge in [-0.2, -0.15) is 0 Å². The van der Waals surface area contributed by atoms with E-state index in [1.54, 1.807) is 0 Å². The van der Waals surface area contributed by atoms with Crippen LogP contribution >= 0.6 is 0 Å². The number of furan rings is 1. The average Bonchev–Trinajstić information content (AvgIpc) is 3.77. The van der Waals surface area contributed by atoms with Crippen LogP contribution in [0.5, 0.6) is 0 Å². The predicted octanol–water partition coefficient (Wildman–Crippen LogP) is 16.7. The molecule has 60 heavy (non-hydrogen) atoms. The standard InChI is InChI=1S/C59H42O/c1-35(39-25-27-52-50(32-39)51-34-49-41(33-53(51)59(52,3)4)26-28-55-58(49)48-19-11-12-20-54(48)60-55)29-38-22-24-42(30-36(38)2)56-44-15-7-9-17-46(44)57(47-18-10-8-16-45(47)56)43-23-21-37-13-5-6-14-40(37)31-43/h5-34H,1-4H3/b35-29+. The van der Waals surface area contributed by atoms with E-state index in [4.69, 9.17) is 4.42 Å². The number of para-hydroxylation sites is 1. The van der Waals surface area contributed by atoms with Crippen LogP contribution in [-0.2, 0) is 5.41 Å². The Morgan fingerprint density at radius 2 is 1.07 bits per heavy atom. The molecule has 0 N–H and O–H groups in total. The van der Waals surface area contributed by atoms with Crippen LogP contribution in [0.4, 0.5) is 0 Å². The van der Waals surface area contributed by atoms with Gasteiger partial charge in [0, 0.05) is 16.2 Å². The SMILES string of the molecule is C/C(=C\c1ccc(-c2c3ccccc3c(-c3ccc4ccccc4c3)c3ccccc23)cc1C)c1ccc2c(c1)-c1cc3c(ccc4oc5ccccc5c43)cc1C2(C)C. The zero-order valence-electron chi connectivity index (χ0n) is 34.2. The number of rotatable bonds is 4. The van der Waals surface area contributed by atoms with Crippen LogP contribution < -0.4 is 0 Å². The van der Waals surface area contributed by atoms with Crippen molar-refractivity contribution in [1.82, 2.24) is 0 Å². The van der Waals surface area contributed by atoms with E-state index in [-0.39, 0.29) is 5.41 Å². The van der Waals surface area contributed by atoms with E-state index < -0.39 is 0 Å². The summed E-state index contributed by atoms with van der Waals surface area (Å²) in [4.78, 5) is 0. The lowest BCUT2D eigenvalue weighted by Crippen LogP contribution is -2.14. The molecular weight excluding hydrogens is 725 g/mol. The van der Waals surface area contributed by atoms with Crippen LogP contribution in [0.15, 0.2) is 180 Å². The second kappa shape index (κ2) is 12.9. The van der Waals surface area contributed by atoms with Crippen molar-refractivity contribution in [2.24, 2.45) is 0 Å². The van der Waals surface area contributed by atoms with Gasteiger partial charge in [-0.15, -0.1) is 0 Å². The molecule has 12 rings (SSSR count). The molecular formula is C59H42O. The summed E-state index contributed by atoms with van der Waals surface area (Å²) in [5.74, 6) is 0. The van der Waals surface area contributed by atoms with Crippen molar-refractivity contribution >= 4 is 76.7 Å². The molecule has 0 spiro atoms. The third kappa shape index (κ3) is 5.12. The third-order valence-corrected chi connectivity index (χ3v) is 13.5. The third-order valence-electron chi connectivity index (χ3n) is 13.5. The van der Waals surface area contributed by atoms with E-state index in [9.17, 15) is 0 Å². The molecule has 0 amide bonds. The molecule has 1 heterocycles. The Hall–Kier alpha value is -7.22. The minimum Gasteiger partial charge on any atom is -0.456 e. The lowest BCUT2D eigenvalue weighted by Gasteiger charge is -2.22. The van der Waals surface area contributed by atoms with Gasteiger partial charge in [-0.3, -0.25) is 0 Å². The fourth-order valence-corrected chi connectivity index (χ4v) is 10.4. The number of benzene rings is 10. The van der Waals surface area contributed by atoms with Crippen molar-refractivity contribution in [3.05, 3.63) is 204 Å². The van der Waals surface area contributed by atoms with Gasteiger partial charge in [-0.05, 0) is 160 Å². The smallest absolute Gasteiger partial charge is 0.136 e. The minimum absolute atomic E-state index is 0.100. The number of hydrogen-bond acceptors (Lipinski definition) is 1. The van der Waals surface area contributed by atoms with Gasteiger partial charge in [0.05, 0.1) is 0 Å². The van der Waals surface area contributed by atoms with Crippen LogP contribution in [0, 0.1) is 6.92 Å². The molecule has 1 heteroatoms. The maximum Gasteiger partial charge on any atom is 0.136 e. The Labute approximate surface area is 349 Å². The molecule has 0 bridgehead atoms. The molecule has 0 atom stereocenters. The highest BCUT2D eigenvalue weighted by Crippen LogP contribution is 2.52. The van der Waals surface area contributed by atoms with Gasteiger partial charge in [0.1, 0.15) is 11.2 Å². The fraction of sp³-hybridized carbons (Fsp3) is 0.0847. The Morgan fingerprint density at radius 1 is 0.467 bits per heavy atom. The van der Waals surface area contributed by atoms with E-state index in [0.717, 1.165) is 11.2 Å². The van der Waals surface area contributed by atoms with Crippen molar-refractivity contribution in [2.75, 3.05) is 0 Å². The van der Waals surface area contributed by atoms with E-state index in [0.29, 0.717) is 0 Å². The van der Waals surface area contributed by atoms with Crippen LogP contribution in [0.2, 0.25) is 0 Å². The first-order valence-corrected chi connectivity index (χ1v) is 21.1. The molecule has 0 saturated carbocycles. The highest BCUT2D eigenvalue weighted by atomic mass is 16.3. The molecule has 1 aliphatic carbocycles. The Kier molecular flexibility index (Phi) is 7.47. The highest BCUT2D eigenvalue weighted by Gasteiger charge is 2.36. The van der Waals surface area contributed by atoms with E-state index in [1.807, 2.05) is 6.07 Å². The van der Waals surface area contributed by atoms with Crippen molar-refractivity contribution in [3.63, 3.8) is 0 Å². The summed E-state index contributed by atoms with van der Waals surface area (Å²) >= 11 is 0. The first-order valence-electron chi connectivity index (χ1n) is 21.1. The quantitative estimate of drug-likeness (QED) is 0.128. The zero-order chi connectivity index (χ0) is 40.3. The first kappa shape index (κ1) is 34.8. The highest BCUT2D eigenvalue weighted by molar-refractivity contribution is 6.22. The van der Waals surface area contributed by atoms with E-state index in [2.05, 4.69) is 204 Å². The maximum absolute atomic E-state index is 6.30. The Morgan fingerprint density at radius 3 is 1.78 bits per heavy atom. The molecule has 0 aliphatic heterocycles. The van der Waals surface area contributed by atoms with Crippen LogP contribution in [0.1, 0.15) is 48.6 Å². The zero-order valence-corrected chi connectivity index (χ0v) is 34.2.